The van der Waals surface area contributed by atoms with Gasteiger partial charge in [0.25, 0.3) is 0 Å². The van der Waals surface area contributed by atoms with Crippen LogP contribution in [-0.2, 0) is 4.79 Å². The Balaban J connectivity index is 1.48. The van der Waals surface area contributed by atoms with Gasteiger partial charge in [-0.15, -0.1) is 0 Å². The Morgan fingerprint density at radius 1 is 0.842 bits per heavy atom. The van der Waals surface area contributed by atoms with Crippen molar-refractivity contribution >= 4 is 5.97 Å². The lowest BCUT2D eigenvalue weighted by molar-refractivity contribution is -0.143. The predicted molar refractivity (Wildman–Crippen MR) is 75.0 cm³/mol. The molecule has 0 spiro atoms. The van der Waals surface area contributed by atoms with E-state index in [0.29, 0.717) is 12.1 Å². The van der Waals surface area contributed by atoms with Gasteiger partial charge in [0, 0.05) is 12.1 Å². The minimum Gasteiger partial charge on any atom is -0.481 e. The summed E-state index contributed by atoms with van der Waals surface area (Å²) in [6.45, 7) is 0. The third-order valence-electron chi connectivity index (χ3n) is 5.50. The van der Waals surface area contributed by atoms with Gasteiger partial charge in [-0.25, -0.2) is 0 Å². The van der Waals surface area contributed by atoms with Gasteiger partial charge in [0.05, 0.1) is 5.92 Å². The fourth-order valence-corrected chi connectivity index (χ4v) is 4.27. The summed E-state index contributed by atoms with van der Waals surface area (Å²) in [7, 11) is 0. The van der Waals surface area contributed by atoms with Gasteiger partial charge in [-0.1, -0.05) is 19.3 Å². The van der Waals surface area contributed by atoms with Crippen molar-refractivity contribution in [1.82, 2.24) is 5.32 Å². The first-order valence-electron chi connectivity index (χ1n) is 8.21. The molecule has 3 rings (SSSR count). The fourth-order valence-electron chi connectivity index (χ4n) is 4.27. The van der Waals surface area contributed by atoms with Gasteiger partial charge >= 0.3 is 5.97 Å². The van der Waals surface area contributed by atoms with E-state index in [1.807, 2.05) is 0 Å². The van der Waals surface area contributed by atoms with Crippen LogP contribution < -0.4 is 5.32 Å². The van der Waals surface area contributed by atoms with Crippen molar-refractivity contribution < 1.29 is 9.90 Å². The molecule has 0 aromatic heterocycles. The molecule has 0 aromatic rings. The minimum atomic E-state index is -0.592. The Labute approximate surface area is 116 Å². The Hall–Kier alpha value is -0.570. The van der Waals surface area contributed by atoms with Crippen molar-refractivity contribution in [2.24, 2.45) is 17.8 Å². The van der Waals surface area contributed by atoms with Gasteiger partial charge in [-0.3, -0.25) is 4.79 Å². The molecular weight excluding hydrogens is 238 g/mol. The molecule has 3 saturated carbocycles. The monoisotopic (exact) mass is 265 g/mol. The van der Waals surface area contributed by atoms with E-state index in [0.717, 1.165) is 31.1 Å². The highest BCUT2D eigenvalue weighted by molar-refractivity contribution is 5.70. The van der Waals surface area contributed by atoms with Gasteiger partial charge in [0.15, 0.2) is 0 Å². The Morgan fingerprint density at radius 2 is 1.53 bits per heavy atom. The number of rotatable bonds is 4. The highest BCUT2D eigenvalue weighted by Gasteiger charge is 2.36. The quantitative estimate of drug-likeness (QED) is 0.820. The van der Waals surface area contributed by atoms with Crippen molar-refractivity contribution in [3.05, 3.63) is 0 Å². The highest BCUT2D eigenvalue weighted by atomic mass is 16.4. The number of carboxylic acids is 1. The summed E-state index contributed by atoms with van der Waals surface area (Å²) in [6.07, 6.45) is 12.4. The lowest BCUT2D eigenvalue weighted by Gasteiger charge is -2.35. The largest absolute Gasteiger partial charge is 0.481 e. The van der Waals surface area contributed by atoms with Crippen LogP contribution in [0, 0.1) is 17.8 Å². The van der Waals surface area contributed by atoms with Crippen LogP contribution in [-0.4, -0.2) is 23.2 Å². The van der Waals surface area contributed by atoms with Gasteiger partial charge < -0.3 is 10.4 Å². The third-order valence-corrected chi connectivity index (χ3v) is 5.50. The summed E-state index contributed by atoms with van der Waals surface area (Å²) in [4.78, 5) is 11.1. The average Bonchev–Trinajstić information content (AvgIpc) is 3.23. The van der Waals surface area contributed by atoms with E-state index in [1.54, 1.807) is 0 Å². The summed E-state index contributed by atoms with van der Waals surface area (Å²) in [5.41, 5.74) is 0. The van der Waals surface area contributed by atoms with E-state index >= 15 is 0 Å². The van der Waals surface area contributed by atoms with Crippen molar-refractivity contribution in [3.63, 3.8) is 0 Å². The molecule has 0 amide bonds. The van der Waals surface area contributed by atoms with E-state index in [-0.39, 0.29) is 5.92 Å². The molecule has 3 nitrogen and oxygen atoms in total. The van der Waals surface area contributed by atoms with Crippen molar-refractivity contribution in [2.75, 3.05) is 0 Å². The van der Waals surface area contributed by atoms with Gasteiger partial charge in [-0.05, 0) is 56.8 Å². The van der Waals surface area contributed by atoms with Crippen LogP contribution in [0.2, 0.25) is 0 Å². The Bertz CT molecular complexity index is 327. The van der Waals surface area contributed by atoms with Crippen molar-refractivity contribution in [3.8, 4) is 0 Å². The zero-order valence-corrected chi connectivity index (χ0v) is 11.8. The van der Waals surface area contributed by atoms with Crippen LogP contribution in [0.4, 0.5) is 0 Å². The van der Waals surface area contributed by atoms with Crippen LogP contribution in [0.3, 0.4) is 0 Å². The van der Waals surface area contributed by atoms with Crippen molar-refractivity contribution in [1.29, 1.82) is 0 Å². The molecule has 4 unspecified atom stereocenters. The Morgan fingerprint density at radius 3 is 2.21 bits per heavy atom. The maximum absolute atomic E-state index is 11.1. The number of hydrogen-bond acceptors (Lipinski definition) is 2. The van der Waals surface area contributed by atoms with Crippen molar-refractivity contribution in [2.45, 2.75) is 76.3 Å². The van der Waals surface area contributed by atoms with Crippen LogP contribution in [0.15, 0.2) is 0 Å². The molecule has 0 aromatic carbocycles. The summed E-state index contributed by atoms with van der Waals surface area (Å²) < 4.78 is 0. The molecule has 2 N–H and O–H groups in total. The SMILES string of the molecule is O=C(O)C1CCCC(NC2CCCC(C3CC3)C2)C1. The second kappa shape index (κ2) is 5.82. The van der Waals surface area contributed by atoms with E-state index in [2.05, 4.69) is 5.32 Å². The molecule has 108 valence electrons. The molecular formula is C16H27NO2. The molecule has 0 bridgehead atoms. The molecule has 0 radical (unpaired) electrons. The van der Waals surface area contributed by atoms with Gasteiger partial charge in [0.2, 0.25) is 0 Å². The first-order valence-corrected chi connectivity index (χ1v) is 8.21. The highest BCUT2D eigenvalue weighted by Crippen LogP contribution is 2.44. The van der Waals surface area contributed by atoms with E-state index in [9.17, 15) is 4.79 Å². The predicted octanol–water partition coefficient (Wildman–Crippen LogP) is 3.19. The molecule has 3 heteroatoms. The lowest BCUT2D eigenvalue weighted by Crippen LogP contribution is -2.44. The zero-order chi connectivity index (χ0) is 13.2. The standard InChI is InChI=1S/C16H27NO2/c18-16(19)13-4-2-6-15(10-13)17-14-5-1-3-12(9-14)11-7-8-11/h11-15,17H,1-10H2,(H,18,19). The van der Waals surface area contributed by atoms with Gasteiger partial charge in [0.1, 0.15) is 0 Å². The number of carboxylic acid groups (broad SMARTS) is 1. The number of aliphatic carboxylic acids is 1. The smallest absolute Gasteiger partial charge is 0.306 e. The minimum absolute atomic E-state index is 0.103. The van der Waals surface area contributed by atoms with E-state index < -0.39 is 5.97 Å². The topological polar surface area (TPSA) is 49.3 Å². The fraction of sp³-hybridized carbons (Fsp3) is 0.938. The molecule has 3 aliphatic rings. The molecule has 0 aliphatic heterocycles. The molecule has 3 fully saturated rings. The maximum Gasteiger partial charge on any atom is 0.306 e. The van der Waals surface area contributed by atoms with Crippen LogP contribution in [0.1, 0.15) is 64.2 Å². The number of nitrogens with one attached hydrogen (secondary N) is 1. The number of hydrogen-bond donors (Lipinski definition) is 2. The summed E-state index contributed by atoms with van der Waals surface area (Å²) in [5, 5.41) is 12.9. The van der Waals surface area contributed by atoms with Gasteiger partial charge in [-0.2, -0.15) is 0 Å². The maximum atomic E-state index is 11.1. The average molecular weight is 265 g/mol. The molecule has 19 heavy (non-hydrogen) atoms. The Kier molecular flexibility index (Phi) is 4.11. The molecule has 3 aliphatic carbocycles. The normalized spacial score (nSPS) is 40.0. The lowest BCUT2D eigenvalue weighted by atomic mass is 9.80. The second-order valence-corrected chi connectivity index (χ2v) is 7.03. The first kappa shape index (κ1) is 13.4. The molecule has 0 saturated heterocycles. The third kappa shape index (κ3) is 3.50. The summed E-state index contributed by atoms with van der Waals surface area (Å²) in [5.74, 6) is 1.30. The van der Waals surface area contributed by atoms with E-state index in [4.69, 9.17) is 5.11 Å². The summed E-state index contributed by atoms with van der Waals surface area (Å²) >= 11 is 0. The molecule has 4 atom stereocenters. The molecule has 0 heterocycles. The second-order valence-electron chi connectivity index (χ2n) is 7.03. The zero-order valence-electron chi connectivity index (χ0n) is 11.8. The van der Waals surface area contributed by atoms with Crippen LogP contribution in [0.5, 0.6) is 0 Å². The summed E-state index contributed by atoms with van der Waals surface area (Å²) in [6, 6.07) is 1.12. The first-order chi connectivity index (χ1) is 9.22. The van der Waals surface area contributed by atoms with Crippen LogP contribution >= 0.6 is 0 Å². The number of carbonyl (C=O) groups is 1. The van der Waals surface area contributed by atoms with E-state index in [1.165, 1.54) is 44.9 Å². The van der Waals surface area contributed by atoms with Crippen LogP contribution in [0.25, 0.3) is 0 Å².